The molecule has 1 aromatic rings. The molecular weight excluding hydrogens is 352 g/mol. The van der Waals surface area contributed by atoms with Gasteiger partial charge in [-0.1, -0.05) is 15.9 Å². The molecule has 0 aliphatic heterocycles. The number of nitrogens with one attached hydrogen (secondary N) is 1. The maximum Gasteiger partial charge on any atom is 0.412 e. The van der Waals surface area contributed by atoms with Crippen molar-refractivity contribution in [3.63, 3.8) is 0 Å². The fourth-order valence-corrected chi connectivity index (χ4v) is 3.22. The molecule has 0 unspecified atom stereocenters. The van der Waals surface area contributed by atoms with E-state index in [9.17, 15) is 14.9 Å². The van der Waals surface area contributed by atoms with E-state index in [0.717, 1.165) is 34.9 Å². The average molecular weight is 371 g/mol. The van der Waals surface area contributed by atoms with Crippen LogP contribution in [-0.2, 0) is 17.6 Å². The first-order valence-electron chi connectivity index (χ1n) is 7.17. The molecule has 0 atom stereocenters. The number of benzene rings is 1. The van der Waals surface area contributed by atoms with Crippen LogP contribution in [0.4, 0.5) is 16.2 Å². The van der Waals surface area contributed by atoms with Crippen LogP contribution in [0.25, 0.3) is 0 Å². The van der Waals surface area contributed by atoms with Crippen molar-refractivity contribution in [1.29, 1.82) is 0 Å². The van der Waals surface area contributed by atoms with E-state index in [1.54, 1.807) is 20.8 Å². The predicted molar refractivity (Wildman–Crippen MR) is 87.3 cm³/mol. The van der Waals surface area contributed by atoms with Crippen molar-refractivity contribution in [2.45, 2.75) is 52.1 Å². The molecule has 22 heavy (non-hydrogen) atoms. The van der Waals surface area contributed by atoms with Gasteiger partial charge in [0, 0.05) is 10.5 Å². The van der Waals surface area contributed by atoms with Crippen LogP contribution in [0, 0.1) is 10.1 Å². The second kappa shape index (κ2) is 6.24. The van der Waals surface area contributed by atoms with Gasteiger partial charge in [0.2, 0.25) is 0 Å². The molecule has 0 saturated carbocycles. The third kappa shape index (κ3) is 3.76. The summed E-state index contributed by atoms with van der Waals surface area (Å²) in [6.07, 6.45) is 2.86. The number of hydrogen-bond acceptors (Lipinski definition) is 4. The lowest BCUT2D eigenvalue weighted by Crippen LogP contribution is -2.28. The van der Waals surface area contributed by atoms with E-state index in [1.807, 2.05) is 0 Å². The quantitative estimate of drug-likeness (QED) is 0.609. The summed E-state index contributed by atoms with van der Waals surface area (Å²) in [5, 5.41) is 13.9. The minimum Gasteiger partial charge on any atom is -0.444 e. The van der Waals surface area contributed by atoms with Gasteiger partial charge >= 0.3 is 6.09 Å². The van der Waals surface area contributed by atoms with E-state index in [1.165, 1.54) is 6.07 Å². The molecule has 0 spiro atoms. The largest absolute Gasteiger partial charge is 0.444 e. The fourth-order valence-electron chi connectivity index (χ4n) is 2.57. The zero-order valence-corrected chi connectivity index (χ0v) is 14.4. The maximum absolute atomic E-state index is 12.0. The molecule has 0 radical (unpaired) electrons. The number of anilines is 1. The first-order chi connectivity index (χ1) is 10.2. The number of hydrogen-bond donors (Lipinski definition) is 1. The molecule has 0 aromatic heterocycles. The van der Waals surface area contributed by atoms with Crippen molar-refractivity contribution in [1.82, 2.24) is 0 Å². The van der Waals surface area contributed by atoms with Crippen molar-refractivity contribution in [3.8, 4) is 0 Å². The van der Waals surface area contributed by atoms with Crippen molar-refractivity contribution < 1.29 is 14.5 Å². The second-order valence-electron chi connectivity index (χ2n) is 6.30. The number of ether oxygens (including phenoxy) is 1. The predicted octanol–water partition coefficient (Wildman–Crippen LogP) is 4.58. The molecule has 0 bridgehead atoms. The van der Waals surface area contributed by atoms with Crippen LogP contribution in [-0.4, -0.2) is 16.6 Å². The number of halogens is 1. The summed E-state index contributed by atoms with van der Waals surface area (Å²) >= 11 is 3.40. The van der Waals surface area contributed by atoms with Gasteiger partial charge in [-0.25, -0.2) is 4.79 Å². The van der Waals surface area contributed by atoms with Crippen LogP contribution in [0.3, 0.4) is 0 Å². The van der Waals surface area contributed by atoms with Crippen molar-refractivity contribution in [2.24, 2.45) is 0 Å². The van der Waals surface area contributed by atoms with Gasteiger partial charge in [-0.15, -0.1) is 0 Å². The van der Waals surface area contributed by atoms with E-state index >= 15 is 0 Å². The number of nitro groups is 1. The van der Waals surface area contributed by atoms with Crippen molar-refractivity contribution in [2.75, 3.05) is 5.32 Å². The number of nitro benzene ring substituents is 1. The van der Waals surface area contributed by atoms with Crippen LogP contribution in [0.1, 0.15) is 44.7 Å². The first-order valence-corrected chi connectivity index (χ1v) is 7.97. The van der Waals surface area contributed by atoms with Gasteiger partial charge in [0.25, 0.3) is 5.69 Å². The molecule has 120 valence electrons. The van der Waals surface area contributed by atoms with Gasteiger partial charge in [0.15, 0.2) is 0 Å². The van der Waals surface area contributed by atoms with Gasteiger partial charge < -0.3 is 4.74 Å². The highest BCUT2D eigenvalue weighted by Crippen LogP contribution is 2.40. The van der Waals surface area contributed by atoms with Gasteiger partial charge in [-0.05, 0) is 57.6 Å². The van der Waals surface area contributed by atoms with E-state index in [4.69, 9.17) is 4.74 Å². The van der Waals surface area contributed by atoms with E-state index in [2.05, 4.69) is 21.2 Å². The Morgan fingerprint density at radius 1 is 1.32 bits per heavy atom. The van der Waals surface area contributed by atoms with Crippen molar-refractivity contribution in [3.05, 3.63) is 31.8 Å². The highest BCUT2D eigenvalue weighted by molar-refractivity contribution is 9.10. The molecule has 1 N–H and O–H groups in total. The number of carbonyl (C=O) groups is 1. The monoisotopic (exact) mass is 370 g/mol. The Morgan fingerprint density at radius 2 is 1.91 bits per heavy atom. The van der Waals surface area contributed by atoms with Crippen LogP contribution in [0.5, 0.6) is 0 Å². The Bertz CT molecular complexity index is 623. The lowest BCUT2D eigenvalue weighted by molar-refractivity contribution is -0.384. The molecule has 0 saturated heterocycles. The van der Waals surface area contributed by atoms with Crippen LogP contribution >= 0.6 is 15.9 Å². The van der Waals surface area contributed by atoms with E-state index in [-0.39, 0.29) is 11.4 Å². The summed E-state index contributed by atoms with van der Waals surface area (Å²) in [7, 11) is 0. The summed E-state index contributed by atoms with van der Waals surface area (Å²) in [5.41, 5.74) is 1.35. The average Bonchev–Trinajstić information content (AvgIpc) is 2.39. The van der Waals surface area contributed by atoms with Gasteiger partial charge in [-0.2, -0.15) is 0 Å². The minimum atomic E-state index is -0.675. The number of carbonyl (C=O) groups excluding carboxylic acids is 1. The number of rotatable bonds is 2. The van der Waals surface area contributed by atoms with Crippen LogP contribution in [0.15, 0.2) is 10.5 Å². The fraction of sp³-hybridized carbons (Fsp3) is 0.533. The standard InChI is InChI=1S/C15H19BrN2O4/c1-15(2,3)22-14(19)17-13-10-7-5-4-6-9(10)11(16)8-12(13)18(20)21/h8H,4-7H2,1-3H3,(H,17,19). The molecular formula is C15H19BrN2O4. The van der Waals surface area contributed by atoms with Gasteiger partial charge in [-0.3, -0.25) is 15.4 Å². The number of fused-ring (bicyclic) bond motifs is 1. The van der Waals surface area contributed by atoms with Crippen LogP contribution in [0.2, 0.25) is 0 Å². The molecule has 1 amide bonds. The second-order valence-corrected chi connectivity index (χ2v) is 7.16. The molecule has 6 nitrogen and oxygen atoms in total. The van der Waals surface area contributed by atoms with Gasteiger partial charge in [0.1, 0.15) is 11.3 Å². The summed E-state index contributed by atoms with van der Waals surface area (Å²) in [6.45, 7) is 5.24. The molecule has 1 aliphatic carbocycles. The Balaban J connectivity index is 2.44. The first kappa shape index (κ1) is 16.7. The summed E-state index contributed by atoms with van der Waals surface area (Å²) in [5.74, 6) is 0. The molecule has 7 heteroatoms. The third-order valence-electron chi connectivity index (χ3n) is 3.40. The molecule has 0 fully saturated rings. The minimum absolute atomic E-state index is 0.113. The number of amides is 1. The summed E-state index contributed by atoms with van der Waals surface area (Å²) in [4.78, 5) is 22.8. The Kier molecular flexibility index (Phi) is 4.75. The molecule has 1 aliphatic rings. The lowest BCUT2D eigenvalue weighted by Gasteiger charge is -2.23. The third-order valence-corrected chi connectivity index (χ3v) is 4.11. The Hall–Kier alpha value is -1.63. The smallest absolute Gasteiger partial charge is 0.412 e. The summed E-state index contributed by atoms with van der Waals surface area (Å²) < 4.78 is 5.94. The topological polar surface area (TPSA) is 81.5 Å². The maximum atomic E-state index is 12.0. The van der Waals surface area contributed by atoms with Gasteiger partial charge in [0.05, 0.1) is 4.92 Å². The summed E-state index contributed by atoms with van der Waals surface area (Å²) in [6, 6.07) is 1.46. The Labute approximate surface area is 137 Å². The molecule has 1 aromatic carbocycles. The SMILES string of the molecule is CC(C)(C)OC(=O)Nc1c([N+](=O)[O-])cc(Br)c2c1CCCC2. The Morgan fingerprint density at radius 3 is 2.45 bits per heavy atom. The van der Waals surface area contributed by atoms with Crippen molar-refractivity contribution >= 4 is 33.4 Å². The lowest BCUT2D eigenvalue weighted by atomic mass is 9.89. The number of nitrogens with zero attached hydrogens (tertiary/aromatic N) is 1. The highest BCUT2D eigenvalue weighted by Gasteiger charge is 2.28. The molecule has 0 heterocycles. The zero-order valence-electron chi connectivity index (χ0n) is 12.9. The highest BCUT2D eigenvalue weighted by atomic mass is 79.9. The van der Waals surface area contributed by atoms with Crippen LogP contribution < -0.4 is 5.32 Å². The molecule has 2 rings (SSSR count). The van der Waals surface area contributed by atoms with E-state index < -0.39 is 16.6 Å². The van der Waals surface area contributed by atoms with E-state index in [0.29, 0.717) is 6.42 Å². The normalized spacial score (nSPS) is 14.2. The zero-order chi connectivity index (χ0) is 16.5.